The maximum absolute atomic E-state index is 13.1. The van der Waals surface area contributed by atoms with Crippen molar-refractivity contribution in [3.8, 4) is 0 Å². The van der Waals surface area contributed by atoms with Crippen LogP contribution in [-0.4, -0.2) is 40.0 Å². The Morgan fingerprint density at radius 1 is 1.33 bits per heavy atom. The fourth-order valence-corrected chi connectivity index (χ4v) is 1.71. The van der Waals surface area contributed by atoms with Crippen molar-refractivity contribution in [3.63, 3.8) is 0 Å². The quantitative estimate of drug-likeness (QED) is 0.863. The Morgan fingerprint density at radius 2 is 2.06 bits per heavy atom. The molecule has 0 bridgehead atoms. The molecule has 1 N–H and O–H groups in total. The number of aromatic carboxylic acids is 1. The predicted octanol–water partition coefficient (Wildman–Crippen LogP) is 1.48. The molecule has 0 spiro atoms. The minimum Gasteiger partial charge on any atom is -0.477 e. The van der Waals surface area contributed by atoms with Crippen LogP contribution in [0.1, 0.15) is 27.4 Å². The van der Waals surface area contributed by atoms with Crippen molar-refractivity contribution in [1.82, 2.24) is 9.88 Å². The van der Waals surface area contributed by atoms with E-state index in [-0.39, 0.29) is 23.8 Å². The summed E-state index contributed by atoms with van der Waals surface area (Å²) < 4.78 is 13.1. The van der Waals surface area contributed by atoms with E-state index in [9.17, 15) is 14.0 Å². The Morgan fingerprint density at radius 3 is 2.72 bits per heavy atom. The van der Waals surface area contributed by atoms with E-state index in [0.29, 0.717) is 13.0 Å². The fraction of sp³-hybridized carbons (Fsp3) is 0.250. The Bertz CT molecular complexity index is 528. The highest BCUT2D eigenvalue weighted by atomic mass is 19.1. The van der Waals surface area contributed by atoms with Gasteiger partial charge in [-0.15, -0.1) is 0 Å². The molecule has 0 unspecified atom stereocenters. The number of pyridine rings is 1. The van der Waals surface area contributed by atoms with Crippen molar-refractivity contribution in [2.45, 2.75) is 6.42 Å². The average Bonchev–Trinajstić information content (AvgIpc) is 2.38. The molecule has 1 aromatic rings. The smallest absolute Gasteiger partial charge is 0.354 e. The van der Waals surface area contributed by atoms with Crippen molar-refractivity contribution in [1.29, 1.82) is 0 Å². The average molecular weight is 250 g/mol. The molecule has 5 nitrogen and oxygen atoms in total. The van der Waals surface area contributed by atoms with Crippen LogP contribution in [0.5, 0.6) is 0 Å². The van der Waals surface area contributed by atoms with Crippen LogP contribution < -0.4 is 0 Å². The van der Waals surface area contributed by atoms with E-state index in [1.807, 2.05) is 0 Å². The van der Waals surface area contributed by atoms with Crippen LogP contribution in [0.25, 0.3) is 0 Å². The van der Waals surface area contributed by atoms with Crippen LogP contribution in [0.4, 0.5) is 4.39 Å². The highest BCUT2D eigenvalue weighted by molar-refractivity contribution is 5.94. The number of nitrogens with zero attached hydrogens (tertiary/aromatic N) is 2. The van der Waals surface area contributed by atoms with E-state index < -0.39 is 11.9 Å². The molecule has 0 aromatic carbocycles. The summed E-state index contributed by atoms with van der Waals surface area (Å²) in [7, 11) is 0. The monoisotopic (exact) mass is 250 g/mol. The molecule has 0 saturated heterocycles. The summed E-state index contributed by atoms with van der Waals surface area (Å²) in [6, 6.07) is 4.17. The lowest BCUT2D eigenvalue weighted by Gasteiger charge is -2.24. The number of carbonyl (C=O) groups is 2. The first-order valence-electron chi connectivity index (χ1n) is 5.42. The van der Waals surface area contributed by atoms with Crippen LogP contribution >= 0.6 is 0 Å². The highest BCUT2D eigenvalue weighted by Crippen LogP contribution is 2.13. The van der Waals surface area contributed by atoms with Crippen LogP contribution in [-0.2, 0) is 0 Å². The van der Waals surface area contributed by atoms with Crippen molar-refractivity contribution >= 4 is 11.9 Å². The first kappa shape index (κ1) is 12.2. The fourth-order valence-electron chi connectivity index (χ4n) is 1.71. The maximum Gasteiger partial charge on any atom is 0.354 e. The van der Waals surface area contributed by atoms with Crippen LogP contribution in [0, 0.1) is 0 Å². The van der Waals surface area contributed by atoms with E-state index in [1.165, 1.54) is 29.2 Å². The van der Waals surface area contributed by atoms with Gasteiger partial charge in [-0.05, 0) is 24.6 Å². The number of aromatic nitrogens is 1. The van der Waals surface area contributed by atoms with E-state index in [2.05, 4.69) is 4.98 Å². The van der Waals surface area contributed by atoms with Crippen LogP contribution in [0.15, 0.2) is 30.1 Å². The molecule has 1 aliphatic rings. The second kappa shape index (κ2) is 4.95. The summed E-state index contributed by atoms with van der Waals surface area (Å²) >= 11 is 0. The van der Waals surface area contributed by atoms with Crippen molar-refractivity contribution in [2.24, 2.45) is 0 Å². The highest BCUT2D eigenvalue weighted by Gasteiger charge is 2.21. The first-order valence-corrected chi connectivity index (χ1v) is 5.42. The summed E-state index contributed by atoms with van der Waals surface area (Å²) in [4.78, 5) is 27.8. The Balaban J connectivity index is 2.21. The normalized spacial score (nSPS) is 15.2. The SMILES string of the molecule is O=C(O)c1cccc(C(=O)N2CCC=C(F)C2)n1. The summed E-state index contributed by atoms with van der Waals surface area (Å²) in [6.45, 7) is 0.322. The zero-order valence-electron chi connectivity index (χ0n) is 9.47. The lowest BCUT2D eigenvalue weighted by atomic mass is 10.2. The predicted molar refractivity (Wildman–Crippen MR) is 60.9 cm³/mol. The third-order valence-corrected chi connectivity index (χ3v) is 2.58. The minimum atomic E-state index is -1.20. The molecule has 0 radical (unpaired) electrons. The molecule has 94 valence electrons. The number of amides is 1. The third kappa shape index (κ3) is 2.53. The van der Waals surface area contributed by atoms with Gasteiger partial charge in [0.1, 0.15) is 17.2 Å². The third-order valence-electron chi connectivity index (χ3n) is 2.58. The molecule has 1 aromatic heterocycles. The number of halogens is 1. The lowest BCUT2D eigenvalue weighted by molar-refractivity contribution is 0.0689. The molecule has 1 aliphatic heterocycles. The van der Waals surface area contributed by atoms with Crippen molar-refractivity contribution < 1.29 is 19.1 Å². The van der Waals surface area contributed by atoms with Crippen molar-refractivity contribution in [2.75, 3.05) is 13.1 Å². The number of carboxylic acid groups (broad SMARTS) is 1. The van der Waals surface area contributed by atoms with Gasteiger partial charge in [-0.3, -0.25) is 4.79 Å². The van der Waals surface area contributed by atoms with Gasteiger partial charge in [0.25, 0.3) is 5.91 Å². The van der Waals surface area contributed by atoms with E-state index >= 15 is 0 Å². The molecule has 1 amide bonds. The van der Waals surface area contributed by atoms with Gasteiger partial charge in [-0.25, -0.2) is 14.2 Å². The van der Waals surface area contributed by atoms with E-state index in [0.717, 1.165) is 0 Å². The molecule has 2 heterocycles. The van der Waals surface area contributed by atoms with Gasteiger partial charge in [0.05, 0.1) is 6.54 Å². The Labute approximate surface area is 103 Å². The van der Waals surface area contributed by atoms with Gasteiger partial charge in [-0.1, -0.05) is 6.07 Å². The van der Waals surface area contributed by atoms with Crippen LogP contribution in [0.2, 0.25) is 0 Å². The topological polar surface area (TPSA) is 70.5 Å². The molecule has 6 heteroatoms. The van der Waals surface area contributed by atoms with Gasteiger partial charge >= 0.3 is 5.97 Å². The molecule has 0 aliphatic carbocycles. The molecule has 0 saturated carbocycles. The van der Waals surface area contributed by atoms with E-state index in [1.54, 1.807) is 0 Å². The van der Waals surface area contributed by atoms with Gasteiger partial charge in [0.15, 0.2) is 0 Å². The van der Waals surface area contributed by atoms with Gasteiger partial charge in [0, 0.05) is 6.54 Å². The summed E-state index contributed by atoms with van der Waals surface area (Å²) in [5, 5.41) is 8.79. The maximum atomic E-state index is 13.1. The number of carboxylic acids is 1. The van der Waals surface area contributed by atoms with E-state index in [4.69, 9.17) is 5.11 Å². The van der Waals surface area contributed by atoms with Crippen molar-refractivity contribution in [3.05, 3.63) is 41.5 Å². The zero-order chi connectivity index (χ0) is 13.1. The molecular weight excluding hydrogens is 239 g/mol. The summed E-state index contributed by atoms with van der Waals surface area (Å²) in [6.07, 6.45) is 1.89. The second-order valence-corrected chi connectivity index (χ2v) is 3.88. The number of hydrogen-bond acceptors (Lipinski definition) is 3. The largest absolute Gasteiger partial charge is 0.477 e. The van der Waals surface area contributed by atoms with Crippen LogP contribution in [0.3, 0.4) is 0 Å². The first-order chi connectivity index (χ1) is 8.58. The molecular formula is C12H11FN2O3. The summed E-state index contributed by atoms with van der Waals surface area (Å²) in [5.41, 5.74) is -0.182. The van der Waals surface area contributed by atoms with Gasteiger partial charge in [0.2, 0.25) is 0 Å². The number of rotatable bonds is 2. The van der Waals surface area contributed by atoms with Gasteiger partial charge < -0.3 is 10.0 Å². The Hall–Kier alpha value is -2.24. The standard InChI is InChI=1S/C12H11FN2O3/c13-8-3-2-6-15(7-8)11(16)9-4-1-5-10(14-9)12(17)18/h1,3-5H,2,6-7H2,(H,17,18). The van der Waals surface area contributed by atoms with Gasteiger partial charge in [-0.2, -0.15) is 0 Å². The second-order valence-electron chi connectivity index (χ2n) is 3.88. The molecule has 0 atom stereocenters. The number of hydrogen-bond donors (Lipinski definition) is 1. The lowest BCUT2D eigenvalue weighted by Crippen LogP contribution is -2.35. The minimum absolute atomic E-state index is 0.0181. The molecule has 2 rings (SSSR count). The Kier molecular flexibility index (Phi) is 3.36. The zero-order valence-corrected chi connectivity index (χ0v) is 9.47. The summed E-state index contributed by atoms with van der Waals surface area (Å²) in [5.74, 6) is -2.01. The molecule has 0 fully saturated rings. The number of carbonyl (C=O) groups excluding carboxylic acids is 1. The molecule has 18 heavy (non-hydrogen) atoms.